The van der Waals surface area contributed by atoms with Crippen molar-refractivity contribution in [3.05, 3.63) is 59.7 Å². The van der Waals surface area contributed by atoms with Gasteiger partial charge in [-0.25, -0.2) is 9.36 Å². The molecule has 0 saturated carbocycles. The number of nitrogens with two attached hydrogens (primary N) is 7. The molecule has 0 aliphatic heterocycles. The molecule has 10 atom stereocenters. The van der Waals surface area contributed by atoms with Crippen LogP contribution in [0.3, 0.4) is 0 Å². The van der Waals surface area contributed by atoms with Crippen LogP contribution in [0.2, 0.25) is 0 Å². The molecule has 32 N–H and O–H groups in total. The van der Waals surface area contributed by atoms with Gasteiger partial charge in [-0.3, -0.25) is 87.1 Å². The van der Waals surface area contributed by atoms with Gasteiger partial charge in [0.25, 0.3) is 0 Å². The number of guanidine groups is 3. The van der Waals surface area contributed by atoms with Gasteiger partial charge in [0.2, 0.25) is 53.2 Å². The molecule has 552 valence electrons. The average Bonchev–Trinajstić information content (AvgIpc) is 0.855. The third-order valence-electron chi connectivity index (χ3n) is 13.5. The van der Waals surface area contributed by atoms with Crippen molar-refractivity contribution < 1.29 is 122 Å². The van der Waals surface area contributed by atoms with Gasteiger partial charge in [0.15, 0.2) is 17.9 Å². The maximum absolute atomic E-state index is 14.4. The lowest BCUT2D eigenvalue weighted by atomic mass is 10.0. The second kappa shape index (κ2) is 42.2. The number of phenols is 1. The van der Waals surface area contributed by atoms with E-state index in [0.717, 1.165) is 24.3 Å². The largest absolute Gasteiger partial charge is 0.524 e. The number of nitrogens with one attached hydrogen (secondary N) is 9. The zero-order valence-corrected chi connectivity index (χ0v) is 54.0. The number of carbonyl (C=O) groups is 14. The Hall–Kier alpha value is -11.5. The first-order valence-electron chi connectivity index (χ1n) is 29.8. The third-order valence-corrected chi connectivity index (χ3v) is 14.0. The minimum Gasteiger partial charge on any atom is -0.508 e. The van der Waals surface area contributed by atoms with Crippen LogP contribution >= 0.6 is 7.82 Å². The van der Waals surface area contributed by atoms with Crippen molar-refractivity contribution in [3.8, 4) is 11.5 Å². The molecule has 44 nitrogen and oxygen atoms in total. The summed E-state index contributed by atoms with van der Waals surface area (Å²) in [5.74, 6) is -22.4. The minimum atomic E-state index is -5.12. The van der Waals surface area contributed by atoms with Crippen LogP contribution in [-0.2, 0) is 84.5 Å². The molecule has 0 spiro atoms. The Balaban J connectivity index is 2.64. The Bertz CT molecular complexity index is 3360. The fourth-order valence-corrected chi connectivity index (χ4v) is 9.13. The third kappa shape index (κ3) is 33.9. The summed E-state index contributed by atoms with van der Waals surface area (Å²) in [6.07, 6.45) is -7.32. The highest BCUT2D eigenvalue weighted by Gasteiger charge is 2.38. The summed E-state index contributed by atoms with van der Waals surface area (Å²) < 4.78 is 16.1. The molecule has 0 aromatic heterocycles. The van der Waals surface area contributed by atoms with Gasteiger partial charge in [-0.2, -0.15) is 0 Å². The van der Waals surface area contributed by atoms with Crippen LogP contribution in [-0.4, -0.2) is 233 Å². The highest BCUT2D eigenvalue weighted by atomic mass is 31.2. The summed E-state index contributed by atoms with van der Waals surface area (Å²) in [7, 11) is -5.12. The van der Waals surface area contributed by atoms with Gasteiger partial charge in [-0.1, -0.05) is 24.3 Å². The summed E-state index contributed by atoms with van der Waals surface area (Å²) in [6, 6.07) is -10.2. The SMILES string of the molecule is NC(N)=NCCC[C@H](NC(=O)[C@H](CCCN=C(N)N)NC(=O)[C@H](Cc1ccc(OP(=O)(O)O)cc1)NC(=O)[C@H](CC(=O)O)NC(=O)[C@H](CC(=O)O)NC(=O)[C@H](CCCN=C(N)N)NC(=O)[C@H](CO)NC(=O)[C@H](Cc1ccc(O)cc1)NC(=O)[C@H](CC(=O)O)NC(=O)[C@@H](N)CC(=O)O)C(=O)O. The van der Waals surface area contributed by atoms with Gasteiger partial charge in [0.1, 0.15) is 65.9 Å². The lowest BCUT2D eigenvalue weighted by Crippen LogP contribution is -2.61. The standard InChI is InChI=1S/C55H82N19O25P/c56-29(20-39(77)78)43(85)69-35(21-40(79)80)48(90)71-34(18-25-7-11-27(76)12-8-25)47(89)74-38(24-75)51(93)67-31(5-2-16-64-54(59)60)45(87)72-36(22-41(81)82)50(92)73-37(23-42(83)84)49(91)70-33(19-26-9-13-28(14-10-26)99-100(96,97)98)46(88)66-30(4-1-15-63-53(57)58)44(86)68-32(52(94)95)6-3-17-65-55(61)62/h7-14,29-38,75-76H,1-6,15-24,56H2,(H,66,88)(H,67,93)(H,68,86)(H,69,85)(H,70,91)(H,71,90)(H,72,87)(H,73,92)(H,74,89)(H,77,78)(H,79,80)(H,81,82)(H,83,84)(H,94,95)(H4,57,58,63)(H4,59,60,64)(H4,61,62,65)(H2,96,97,98)/t29-,30-,31-,32-,33-,34-,35-,36-,37-,38-/m0/s1. The van der Waals surface area contributed by atoms with E-state index < -0.39 is 215 Å². The number of benzene rings is 2. The van der Waals surface area contributed by atoms with Crippen molar-refractivity contribution in [2.45, 2.75) is 137 Å². The van der Waals surface area contributed by atoms with E-state index in [2.05, 4.69) is 56.7 Å². The number of nitrogens with zero attached hydrogens (tertiary/aromatic N) is 3. The molecule has 100 heavy (non-hydrogen) atoms. The lowest BCUT2D eigenvalue weighted by molar-refractivity contribution is -0.144. The van der Waals surface area contributed by atoms with Crippen molar-refractivity contribution in [2.24, 2.45) is 55.1 Å². The zero-order chi connectivity index (χ0) is 75.6. The number of phosphoric acid groups is 1. The molecule has 0 aliphatic rings. The molecular weight excluding hydrogens is 1360 g/mol. The van der Waals surface area contributed by atoms with Crippen LogP contribution in [0.1, 0.15) is 75.3 Å². The number of aliphatic hydroxyl groups excluding tert-OH is 1. The van der Waals surface area contributed by atoms with E-state index in [-0.39, 0.29) is 80.5 Å². The van der Waals surface area contributed by atoms with Crippen molar-refractivity contribution >= 4 is 109 Å². The first-order valence-corrected chi connectivity index (χ1v) is 31.3. The predicted octanol–water partition coefficient (Wildman–Crippen LogP) is -9.52. The van der Waals surface area contributed by atoms with Crippen molar-refractivity contribution in [2.75, 3.05) is 26.2 Å². The van der Waals surface area contributed by atoms with E-state index in [4.69, 9.17) is 45.2 Å². The quantitative estimate of drug-likeness (QED) is 0.0127. The van der Waals surface area contributed by atoms with E-state index in [1.54, 1.807) is 0 Å². The Morgan fingerprint density at radius 3 is 1.01 bits per heavy atom. The van der Waals surface area contributed by atoms with Crippen LogP contribution in [0.4, 0.5) is 0 Å². The number of hydrogen-bond donors (Lipinski definition) is 25. The normalized spacial score (nSPS) is 13.9. The van der Waals surface area contributed by atoms with Crippen molar-refractivity contribution in [1.29, 1.82) is 0 Å². The maximum Gasteiger partial charge on any atom is 0.524 e. The van der Waals surface area contributed by atoms with Crippen LogP contribution in [0.25, 0.3) is 0 Å². The Kier molecular flexibility index (Phi) is 35.7. The summed E-state index contributed by atoms with van der Waals surface area (Å²) in [5.41, 5.74) is 38.2. The van der Waals surface area contributed by atoms with Crippen LogP contribution in [0.5, 0.6) is 11.5 Å². The molecule has 0 saturated heterocycles. The lowest BCUT2D eigenvalue weighted by Gasteiger charge is -2.27. The second-order valence-electron chi connectivity index (χ2n) is 21.7. The molecule has 0 heterocycles. The molecule has 0 aliphatic carbocycles. The van der Waals surface area contributed by atoms with E-state index in [9.17, 15) is 112 Å². The molecule has 2 aromatic rings. The van der Waals surface area contributed by atoms with Crippen molar-refractivity contribution in [3.63, 3.8) is 0 Å². The van der Waals surface area contributed by atoms with Gasteiger partial charge in [-0.05, 0) is 73.9 Å². The number of rotatable bonds is 46. The Morgan fingerprint density at radius 1 is 0.400 bits per heavy atom. The van der Waals surface area contributed by atoms with Gasteiger partial charge < -0.3 is 128 Å². The molecule has 0 bridgehead atoms. The molecule has 0 unspecified atom stereocenters. The zero-order valence-electron chi connectivity index (χ0n) is 53.1. The highest BCUT2D eigenvalue weighted by molar-refractivity contribution is 7.46. The monoisotopic (exact) mass is 1440 g/mol. The molecule has 45 heteroatoms. The van der Waals surface area contributed by atoms with Gasteiger partial charge in [-0.15, -0.1) is 0 Å². The van der Waals surface area contributed by atoms with Crippen LogP contribution < -0.4 is 92.5 Å². The number of hydrogen-bond acceptors (Lipinski definition) is 22. The number of amides is 9. The summed E-state index contributed by atoms with van der Waals surface area (Å²) in [5, 5.41) is 88.3. The summed E-state index contributed by atoms with van der Waals surface area (Å²) in [6.45, 7) is -1.77. The van der Waals surface area contributed by atoms with E-state index in [0.29, 0.717) is 0 Å². The minimum absolute atomic E-state index is 0.0303. The van der Waals surface area contributed by atoms with E-state index in [1.807, 2.05) is 10.6 Å². The second-order valence-corrected chi connectivity index (χ2v) is 22.9. The number of aliphatic carboxylic acids is 5. The molecule has 0 radical (unpaired) electrons. The molecule has 9 amide bonds. The molecule has 2 aromatic carbocycles. The number of aliphatic imine (C=N–C) groups is 3. The molecular formula is C55H82N19O25P. The number of aliphatic hydroxyl groups is 1. The first kappa shape index (κ1) is 84.6. The maximum atomic E-state index is 14.4. The van der Waals surface area contributed by atoms with E-state index in [1.165, 1.54) is 24.3 Å². The van der Waals surface area contributed by atoms with Crippen LogP contribution in [0, 0.1) is 0 Å². The van der Waals surface area contributed by atoms with Gasteiger partial charge in [0.05, 0.1) is 38.3 Å². The fraction of sp³-hybridized carbons (Fsp3) is 0.473. The average molecular weight is 1440 g/mol. The van der Waals surface area contributed by atoms with E-state index >= 15 is 0 Å². The Morgan fingerprint density at radius 2 is 0.680 bits per heavy atom. The summed E-state index contributed by atoms with van der Waals surface area (Å²) >= 11 is 0. The number of phosphoric ester groups is 1. The smallest absolute Gasteiger partial charge is 0.508 e. The molecule has 0 fully saturated rings. The number of carboxylic acids is 5. The topological polar surface area (TPSA) is 775 Å². The number of carbonyl (C=O) groups excluding carboxylic acids is 9. The number of carboxylic acid groups (broad SMARTS) is 5. The van der Waals surface area contributed by atoms with Crippen molar-refractivity contribution in [1.82, 2.24) is 47.9 Å². The predicted molar refractivity (Wildman–Crippen MR) is 343 cm³/mol. The summed E-state index contributed by atoms with van der Waals surface area (Å²) in [4.78, 5) is 215. The highest BCUT2D eigenvalue weighted by Crippen LogP contribution is 2.37. The fourth-order valence-electron chi connectivity index (χ4n) is 8.74. The van der Waals surface area contributed by atoms with Gasteiger partial charge in [0, 0.05) is 32.5 Å². The Labute approximate surface area is 566 Å². The number of phenolic OH excluding ortho intramolecular Hbond substituents is 1. The number of aromatic hydroxyl groups is 1. The first-order chi connectivity index (χ1) is 46.8. The van der Waals surface area contributed by atoms with Gasteiger partial charge >= 0.3 is 37.7 Å². The van der Waals surface area contributed by atoms with Crippen LogP contribution in [0.15, 0.2) is 63.5 Å². The molecule has 2 rings (SSSR count).